The van der Waals surface area contributed by atoms with Gasteiger partial charge in [0.25, 0.3) is 0 Å². The Bertz CT molecular complexity index is 1590. The summed E-state index contributed by atoms with van der Waals surface area (Å²) in [6.45, 7) is 12.7. The summed E-state index contributed by atoms with van der Waals surface area (Å²) in [7, 11) is 0. The lowest BCUT2D eigenvalue weighted by atomic mass is 9.68. The molecule has 2 aliphatic rings. The van der Waals surface area contributed by atoms with E-state index in [0.717, 1.165) is 55.0 Å². The van der Waals surface area contributed by atoms with Gasteiger partial charge in [-0.2, -0.15) is 0 Å². The van der Waals surface area contributed by atoms with Crippen LogP contribution in [0.25, 0.3) is 27.3 Å². The number of hydrogen-bond donors (Lipinski definition) is 0. The Morgan fingerprint density at radius 2 is 1.95 bits per heavy atom. The molecule has 0 N–H and O–H groups in total. The monoisotopic (exact) mass is 510 g/mol. The number of halogens is 1. The van der Waals surface area contributed by atoms with E-state index in [1.54, 1.807) is 23.2 Å². The minimum atomic E-state index is -0.578. The van der Waals surface area contributed by atoms with E-state index in [0.29, 0.717) is 29.3 Å². The number of aromatic nitrogens is 4. The molecule has 0 unspecified atom stereocenters. The third-order valence-electron chi connectivity index (χ3n) is 7.78. The molecule has 1 aliphatic heterocycles. The Kier molecular flexibility index (Phi) is 5.64. The van der Waals surface area contributed by atoms with E-state index in [1.165, 1.54) is 6.07 Å². The molecule has 1 aliphatic carbocycles. The third kappa shape index (κ3) is 4.26. The molecular weight excluding hydrogens is 483 g/mol. The van der Waals surface area contributed by atoms with Gasteiger partial charge in [-0.15, -0.1) is 0 Å². The van der Waals surface area contributed by atoms with Gasteiger partial charge in [-0.05, 0) is 73.9 Å². The number of aryl methyl sites for hydroxylation is 1. The summed E-state index contributed by atoms with van der Waals surface area (Å²) in [4.78, 5) is 31.5. The van der Waals surface area contributed by atoms with Gasteiger partial charge in [0, 0.05) is 6.54 Å². The first-order valence-electron chi connectivity index (χ1n) is 12.7. The maximum Gasteiger partial charge on any atom is 0.415 e. The summed E-state index contributed by atoms with van der Waals surface area (Å²) >= 11 is 0. The number of hydrogen-bond acceptors (Lipinski definition) is 5. The minimum Gasteiger partial charge on any atom is -0.441 e. The van der Waals surface area contributed by atoms with Crippen molar-refractivity contribution < 1.29 is 13.9 Å². The van der Waals surface area contributed by atoms with Crippen molar-refractivity contribution in [3.05, 3.63) is 77.9 Å². The molecule has 0 bridgehead atoms. The number of amides is 1. The van der Waals surface area contributed by atoms with Crippen molar-refractivity contribution in [3.8, 4) is 11.4 Å². The Hall–Kier alpha value is -4.32. The predicted octanol–water partition coefficient (Wildman–Crippen LogP) is 6.47. The summed E-state index contributed by atoms with van der Waals surface area (Å²) in [6, 6.07) is 10.4. The van der Waals surface area contributed by atoms with Gasteiger partial charge in [0.2, 0.25) is 0 Å². The van der Waals surface area contributed by atoms with Gasteiger partial charge in [-0.1, -0.05) is 13.0 Å². The molecule has 6 rings (SSSR count). The van der Waals surface area contributed by atoms with Crippen LogP contribution in [-0.4, -0.2) is 37.8 Å². The maximum absolute atomic E-state index is 13.3. The van der Waals surface area contributed by atoms with Crippen LogP contribution in [0.4, 0.5) is 20.6 Å². The number of imidazole rings is 1. The van der Waals surface area contributed by atoms with Crippen LogP contribution in [0.5, 0.6) is 0 Å². The zero-order valence-electron chi connectivity index (χ0n) is 21.3. The molecule has 1 amide bonds. The van der Waals surface area contributed by atoms with Crippen molar-refractivity contribution in [2.24, 2.45) is 5.41 Å². The van der Waals surface area contributed by atoms with Gasteiger partial charge < -0.3 is 9.30 Å². The van der Waals surface area contributed by atoms with E-state index in [-0.39, 0.29) is 11.5 Å². The standard InChI is InChI=1S/C29H27FN6O2/c1-19-11-24(22-7-5-20(30)13-32-22)33-14-26(19)36-17-29(38-27(36)37)10-4-9-28(2,15-29)16-35-18-34-23-8-6-21(31-3)12-25(23)35/h5-8,11-14,18H,4,9-10,15-17H2,1-2H3/t28-,29-/m0/s1. The Morgan fingerprint density at radius 1 is 1.11 bits per heavy atom. The molecule has 192 valence electrons. The first-order valence-corrected chi connectivity index (χ1v) is 12.7. The van der Waals surface area contributed by atoms with Crippen molar-refractivity contribution in [1.29, 1.82) is 0 Å². The SMILES string of the molecule is [C-]#[N+]c1ccc2ncn(C[C@@]3(C)CCC[C@@]4(CN(c5cnc(-c6ccc(F)cn6)cc5C)C(=O)O4)C3)c2c1. The van der Waals surface area contributed by atoms with E-state index >= 15 is 0 Å². The molecule has 0 radical (unpaired) electrons. The molecule has 4 aromatic rings. The molecule has 3 aromatic heterocycles. The number of rotatable bonds is 4. The van der Waals surface area contributed by atoms with E-state index in [4.69, 9.17) is 11.3 Å². The summed E-state index contributed by atoms with van der Waals surface area (Å²) in [5.74, 6) is -0.402. The first kappa shape index (κ1) is 24.0. The molecule has 1 saturated carbocycles. The lowest BCUT2D eigenvalue weighted by Crippen LogP contribution is -2.45. The summed E-state index contributed by atoms with van der Waals surface area (Å²) in [6.07, 6.45) is 7.81. The van der Waals surface area contributed by atoms with Crippen LogP contribution in [0.2, 0.25) is 0 Å². The number of fused-ring (bicyclic) bond motifs is 1. The van der Waals surface area contributed by atoms with Crippen LogP contribution >= 0.6 is 0 Å². The van der Waals surface area contributed by atoms with Gasteiger partial charge in [0.1, 0.15) is 11.4 Å². The van der Waals surface area contributed by atoms with Crippen LogP contribution in [0.1, 0.15) is 38.2 Å². The Labute approximate surface area is 219 Å². The number of pyridine rings is 2. The zero-order chi connectivity index (χ0) is 26.5. The molecule has 38 heavy (non-hydrogen) atoms. The molecule has 2 fully saturated rings. The summed E-state index contributed by atoms with van der Waals surface area (Å²) in [5, 5.41) is 0. The molecule has 9 heteroatoms. The fourth-order valence-corrected chi connectivity index (χ4v) is 6.11. The van der Waals surface area contributed by atoms with Crippen molar-refractivity contribution in [1.82, 2.24) is 19.5 Å². The van der Waals surface area contributed by atoms with E-state index < -0.39 is 11.4 Å². The van der Waals surface area contributed by atoms with Gasteiger partial charge in [-0.25, -0.2) is 19.0 Å². The normalized spacial score (nSPS) is 23.1. The molecule has 1 saturated heterocycles. The molecular formula is C29H27FN6O2. The average molecular weight is 511 g/mol. The van der Waals surface area contributed by atoms with Crippen LogP contribution in [-0.2, 0) is 11.3 Å². The Morgan fingerprint density at radius 3 is 2.71 bits per heavy atom. The zero-order valence-corrected chi connectivity index (χ0v) is 21.3. The molecule has 2 atom stereocenters. The minimum absolute atomic E-state index is 0.109. The number of anilines is 1. The fourth-order valence-electron chi connectivity index (χ4n) is 6.11. The highest BCUT2D eigenvalue weighted by molar-refractivity contribution is 5.91. The van der Waals surface area contributed by atoms with Crippen LogP contribution < -0.4 is 4.90 Å². The number of ether oxygens (including phenoxy) is 1. The van der Waals surface area contributed by atoms with Gasteiger partial charge in [-0.3, -0.25) is 14.9 Å². The highest BCUT2D eigenvalue weighted by Crippen LogP contribution is 2.48. The highest BCUT2D eigenvalue weighted by Gasteiger charge is 2.52. The van der Waals surface area contributed by atoms with Gasteiger partial charge in [0.05, 0.1) is 59.9 Å². The van der Waals surface area contributed by atoms with Crippen LogP contribution in [0, 0.1) is 24.7 Å². The summed E-state index contributed by atoms with van der Waals surface area (Å²) < 4.78 is 21.5. The number of carbonyl (C=O) groups is 1. The molecule has 1 spiro atoms. The predicted molar refractivity (Wildman–Crippen MR) is 141 cm³/mol. The topological polar surface area (TPSA) is 77.5 Å². The lowest BCUT2D eigenvalue weighted by Gasteiger charge is -2.43. The second kappa shape index (κ2) is 8.91. The van der Waals surface area contributed by atoms with Crippen LogP contribution in [0.3, 0.4) is 0 Å². The number of nitrogens with zero attached hydrogens (tertiary/aromatic N) is 6. The van der Waals surface area contributed by atoms with Crippen molar-refractivity contribution in [2.45, 2.75) is 51.7 Å². The van der Waals surface area contributed by atoms with Gasteiger partial charge >= 0.3 is 6.09 Å². The van der Waals surface area contributed by atoms with E-state index in [1.807, 2.05) is 31.5 Å². The van der Waals surface area contributed by atoms with Gasteiger partial charge in [0.15, 0.2) is 5.69 Å². The quantitative estimate of drug-likeness (QED) is 0.294. The highest BCUT2D eigenvalue weighted by atomic mass is 19.1. The second-order valence-corrected chi connectivity index (χ2v) is 10.9. The maximum atomic E-state index is 13.3. The summed E-state index contributed by atoms with van der Waals surface area (Å²) in [5.41, 5.74) is 4.48. The van der Waals surface area contributed by atoms with Crippen molar-refractivity contribution in [3.63, 3.8) is 0 Å². The van der Waals surface area contributed by atoms with E-state index in [9.17, 15) is 9.18 Å². The van der Waals surface area contributed by atoms with Crippen molar-refractivity contribution in [2.75, 3.05) is 11.4 Å². The number of benzene rings is 1. The Balaban J connectivity index is 1.23. The largest absolute Gasteiger partial charge is 0.441 e. The third-order valence-corrected chi connectivity index (χ3v) is 7.78. The molecule has 4 heterocycles. The second-order valence-electron chi connectivity index (χ2n) is 10.9. The van der Waals surface area contributed by atoms with Crippen molar-refractivity contribution >= 4 is 28.5 Å². The van der Waals surface area contributed by atoms with Crippen LogP contribution in [0.15, 0.2) is 55.1 Å². The number of carbonyl (C=O) groups excluding carboxylic acids is 1. The lowest BCUT2D eigenvalue weighted by molar-refractivity contribution is -0.0264. The molecule has 1 aromatic carbocycles. The first-order chi connectivity index (χ1) is 18.3. The fraction of sp³-hybridized carbons (Fsp3) is 0.345. The molecule has 8 nitrogen and oxygen atoms in total. The smallest absolute Gasteiger partial charge is 0.415 e. The average Bonchev–Trinajstić information content (AvgIpc) is 3.43. The van der Waals surface area contributed by atoms with E-state index in [2.05, 4.69) is 31.3 Å².